The van der Waals surface area contributed by atoms with Gasteiger partial charge in [-0.1, -0.05) is 18.2 Å². The van der Waals surface area contributed by atoms with Crippen LogP contribution in [0.25, 0.3) is 5.57 Å². The highest BCUT2D eigenvalue weighted by molar-refractivity contribution is 6.04. The van der Waals surface area contributed by atoms with Crippen LogP contribution in [-0.2, 0) is 9.59 Å². The van der Waals surface area contributed by atoms with Crippen molar-refractivity contribution in [2.24, 2.45) is 0 Å². The zero-order chi connectivity index (χ0) is 17.1. The summed E-state index contributed by atoms with van der Waals surface area (Å²) < 4.78 is 13.0. The molecule has 0 unspecified atom stereocenters. The van der Waals surface area contributed by atoms with Gasteiger partial charge in [-0.05, 0) is 36.1 Å². The van der Waals surface area contributed by atoms with Crippen molar-refractivity contribution >= 4 is 23.4 Å². The van der Waals surface area contributed by atoms with Crippen LogP contribution in [0.3, 0.4) is 0 Å². The highest BCUT2D eigenvalue weighted by Gasteiger charge is 2.30. The van der Waals surface area contributed by atoms with Crippen LogP contribution in [0.2, 0.25) is 0 Å². The zero-order valence-corrected chi connectivity index (χ0v) is 13.0. The lowest BCUT2D eigenvalue weighted by Gasteiger charge is -2.27. The van der Waals surface area contributed by atoms with Crippen LogP contribution in [0.15, 0.2) is 30.3 Å². The fraction of sp³-hybridized carbons (Fsp3) is 0.353. The lowest BCUT2D eigenvalue weighted by Crippen LogP contribution is -2.36. The second kappa shape index (κ2) is 6.82. The number of benzene rings is 1. The lowest BCUT2D eigenvalue weighted by atomic mass is 9.99. The summed E-state index contributed by atoms with van der Waals surface area (Å²) in [5, 5.41) is 4.63. The molecule has 1 aromatic rings. The minimum atomic E-state index is -0.628. The number of rotatable bonds is 4. The number of amides is 4. The van der Waals surface area contributed by atoms with E-state index >= 15 is 0 Å². The molecule has 0 aromatic heterocycles. The first-order chi connectivity index (χ1) is 11.5. The zero-order valence-electron chi connectivity index (χ0n) is 13.0. The second-order valence-electron chi connectivity index (χ2n) is 5.88. The summed E-state index contributed by atoms with van der Waals surface area (Å²) in [7, 11) is 0. The number of carbonyl (C=O) groups excluding carboxylic acids is 3. The molecule has 0 radical (unpaired) electrons. The van der Waals surface area contributed by atoms with Gasteiger partial charge < -0.3 is 10.2 Å². The predicted octanol–water partition coefficient (Wildman–Crippen LogP) is 1.43. The van der Waals surface area contributed by atoms with E-state index in [0.29, 0.717) is 25.9 Å². The molecule has 1 aromatic carbocycles. The molecular formula is C17H18FN3O3. The number of halogens is 1. The van der Waals surface area contributed by atoms with Crippen molar-refractivity contribution in [1.82, 2.24) is 15.5 Å². The largest absolute Gasteiger partial charge is 0.339 e. The van der Waals surface area contributed by atoms with E-state index in [9.17, 15) is 18.8 Å². The van der Waals surface area contributed by atoms with Crippen molar-refractivity contribution in [3.8, 4) is 0 Å². The molecule has 2 heterocycles. The molecular weight excluding hydrogens is 313 g/mol. The lowest BCUT2D eigenvalue weighted by molar-refractivity contribution is -0.131. The average Bonchev–Trinajstić information content (AvgIpc) is 2.91. The Bertz CT molecular complexity index is 700. The van der Waals surface area contributed by atoms with E-state index in [2.05, 4.69) is 10.6 Å². The smallest absolute Gasteiger partial charge is 0.322 e. The van der Waals surface area contributed by atoms with E-state index in [1.807, 2.05) is 6.08 Å². The number of nitrogens with one attached hydrogen (secondary N) is 2. The number of carbonyl (C=O) groups is 3. The summed E-state index contributed by atoms with van der Waals surface area (Å²) in [5.41, 5.74) is 2.07. The van der Waals surface area contributed by atoms with E-state index in [1.54, 1.807) is 17.0 Å². The maximum atomic E-state index is 13.0. The molecule has 0 aliphatic carbocycles. The molecule has 2 aliphatic rings. The van der Waals surface area contributed by atoms with Crippen molar-refractivity contribution in [1.29, 1.82) is 0 Å². The summed E-state index contributed by atoms with van der Waals surface area (Å²) in [5.74, 6) is -0.696. The number of nitrogens with zero attached hydrogens (tertiary/aromatic N) is 1. The summed E-state index contributed by atoms with van der Waals surface area (Å²) in [6.07, 6.45) is 3.18. The third-order valence-electron chi connectivity index (χ3n) is 4.28. The Labute approximate surface area is 138 Å². The second-order valence-corrected chi connectivity index (χ2v) is 5.88. The van der Waals surface area contributed by atoms with Crippen molar-refractivity contribution in [3.63, 3.8) is 0 Å². The monoisotopic (exact) mass is 331 g/mol. The molecule has 0 spiro atoms. The van der Waals surface area contributed by atoms with Gasteiger partial charge in [0.05, 0.1) is 0 Å². The van der Waals surface area contributed by atoms with Gasteiger partial charge in [0.1, 0.15) is 11.9 Å². The van der Waals surface area contributed by atoms with E-state index in [4.69, 9.17) is 0 Å². The standard InChI is InChI=1S/C17H18FN3O3/c18-13-3-1-11(2-4-13)12-7-9-21(10-8-12)15(22)6-5-14-16(23)20-17(24)19-14/h1-4,7,14H,5-6,8-10H2,(H2,19,20,23,24)/t14-/m1/s1. The Balaban J connectivity index is 1.52. The predicted molar refractivity (Wildman–Crippen MR) is 85.3 cm³/mol. The molecule has 4 amide bonds. The van der Waals surface area contributed by atoms with Gasteiger partial charge in [-0.25, -0.2) is 9.18 Å². The van der Waals surface area contributed by atoms with Gasteiger partial charge in [0.15, 0.2) is 0 Å². The Morgan fingerprint density at radius 1 is 1.25 bits per heavy atom. The maximum absolute atomic E-state index is 13.0. The van der Waals surface area contributed by atoms with Gasteiger partial charge in [0.25, 0.3) is 5.91 Å². The Kier molecular flexibility index (Phi) is 4.59. The topological polar surface area (TPSA) is 78.5 Å². The van der Waals surface area contributed by atoms with Crippen LogP contribution in [0, 0.1) is 5.82 Å². The van der Waals surface area contributed by atoms with Crippen molar-refractivity contribution < 1.29 is 18.8 Å². The molecule has 6 nitrogen and oxygen atoms in total. The van der Waals surface area contributed by atoms with Crippen LogP contribution >= 0.6 is 0 Å². The third kappa shape index (κ3) is 3.61. The molecule has 7 heteroatoms. The summed E-state index contributed by atoms with van der Waals surface area (Å²) in [6.45, 7) is 1.08. The molecule has 2 N–H and O–H groups in total. The van der Waals surface area contributed by atoms with Gasteiger partial charge in [-0.15, -0.1) is 0 Å². The van der Waals surface area contributed by atoms with Crippen molar-refractivity contribution in [3.05, 3.63) is 41.7 Å². The van der Waals surface area contributed by atoms with Crippen molar-refractivity contribution in [2.45, 2.75) is 25.3 Å². The Hall–Kier alpha value is -2.70. The Morgan fingerprint density at radius 3 is 2.58 bits per heavy atom. The summed E-state index contributed by atoms with van der Waals surface area (Å²) >= 11 is 0. The molecule has 0 bridgehead atoms. The van der Waals surface area contributed by atoms with Crippen LogP contribution in [0.5, 0.6) is 0 Å². The molecule has 2 aliphatic heterocycles. The Morgan fingerprint density at radius 2 is 2.00 bits per heavy atom. The van der Waals surface area contributed by atoms with Gasteiger partial charge in [-0.3, -0.25) is 14.9 Å². The molecule has 126 valence electrons. The quantitative estimate of drug-likeness (QED) is 0.819. The minimum Gasteiger partial charge on any atom is -0.339 e. The SMILES string of the molecule is O=C1NC(=O)[C@@H](CCC(=O)N2CC=C(c3ccc(F)cc3)CC2)N1. The molecule has 24 heavy (non-hydrogen) atoms. The highest BCUT2D eigenvalue weighted by Crippen LogP contribution is 2.23. The first kappa shape index (κ1) is 16.2. The molecule has 0 saturated carbocycles. The van der Waals surface area contributed by atoms with E-state index in [0.717, 1.165) is 11.1 Å². The number of hydrogen-bond acceptors (Lipinski definition) is 3. The number of urea groups is 1. The number of hydrogen-bond donors (Lipinski definition) is 2. The molecule has 1 saturated heterocycles. The van der Waals surface area contributed by atoms with Gasteiger partial charge >= 0.3 is 6.03 Å². The maximum Gasteiger partial charge on any atom is 0.322 e. The van der Waals surface area contributed by atoms with E-state index in [-0.39, 0.29) is 24.1 Å². The van der Waals surface area contributed by atoms with Crippen LogP contribution < -0.4 is 10.6 Å². The van der Waals surface area contributed by atoms with Crippen LogP contribution in [0.1, 0.15) is 24.8 Å². The molecule has 1 atom stereocenters. The highest BCUT2D eigenvalue weighted by atomic mass is 19.1. The fourth-order valence-corrected chi connectivity index (χ4v) is 2.91. The van der Waals surface area contributed by atoms with Gasteiger partial charge in [-0.2, -0.15) is 0 Å². The van der Waals surface area contributed by atoms with Gasteiger partial charge in [0.2, 0.25) is 5.91 Å². The molecule has 1 fully saturated rings. The number of imide groups is 1. The van der Waals surface area contributed by atoms with Gasteiger partial charge in [0, 0.05) is 19.5 Å². The van der Waals surface area contributed by atoms with E-state index < -0.39 is 12.1 Å². The minimum absolute atomic E-state index is 0.0432. The van der Waals surface area contributed by atoms with Crippen molar-refractivity contribution in [2.75, 3.05) is 13.1 Å². The third-order valence-corrected chi connectivity index (χ3v) is 4.28. The summed E-state index contributed by atoms with van der Waals surface area (Å²) in [4.78, 5) is 36.4. The summed E-state index contributed by atoms with van der Waals surface area (Å²) in [6, 6.07) is 5.18. The normalized spacial score (nSPS) is 20.5. The average molecular weight is 331 g/mol. The fourth-order valence-electron chi connectivity index (χ4n) is 2.91. The molecule has 3 rings (SSSR count). The van der Waals surface area contributed by atoms with Crippen LogP contribution in [-0.4, -0.2) is 41.9 Å². The van der Waals surface area contributed by atoms with E-state index in [1.165, 1.54) is 12.1 Å². The first-order valence-electron chi connectivity index (χ1n) is 7.87. The van der Waals surface area contributed by atoms with Crippen LogP contribution in [0.4, 0.5) is 9.18 Å². The first-order valence-corrected chi connectivity index (χ1v) is 7.87.